The number of benzene rings is 1. The summed E-state index contributed by atoms with van der Waals surface area (Å²) < 4.78 is 0. The minimum Gasteiger partial charge on any atom is -0.366 e. The first-order valence-electron chi connectivity index (χ1n) is 7.05. The van der Waals surface area contributed by atoms with Gasteiger partial charge in [0.2, 0.25) is 5.91 Å². The van der Waals surface area contributed by atoms with Gasteiger partial charge in [-0.1, -0.05) is 17.7 Å². The number of carbonyl (C=O) groups is 1. The van der Waals surface area contributed by atoms with Gasteiger partial charge in [0, 0.05) is 17.1 Å². The number of primary amides is 1. The van der Waals surface area contributed by atoms with Crippen LogP contribution in [0.1, 0.15) is 28.8 Å². The van der Waals surface area contributed by atoms with E-state index >= 15 is 0 Å². The quantitative estimate of drug-likeness (QED) is 0.872. The summed E-state index contributed by atoms with van der Waals surface area (Å²) in [6, 6.07) is 5.31. The second kappa shape index (κ2) is 7.07. The molecule has 0 bridgehead atoms. The molecule has 0 spiro atoms. The van der Waals surface area contributed by atoms with E-state index in [-0.39, 0.29) is 0 Å². The molecule has 2 rings (SSSR count). The predicted molar refractivity (Wildman–Crippen MR) is 81.9 cm³/mol. The normalized spacial score (nSPS) is 17.3. The highest BCUT2D eigenvalue weighted by Gasteiger charge is 2.19. The molecule has 1 fully saturated rings. The summed E-state index contributed by atoms with van der Waals surface area (Å²) in [5.41, 5.74) is 6.77. The smallest absolute Gasteiger partial charge is 0.248 e. The first kappa shape index (κ1) is 15.3. The van der Waals surface area contributed by atoms with Gasteiger partial charge in [-0.05, 0) is 63.1 Å². The standard InChI is InChI=1S/C15H22ClN3O/c1-18-9-11-4-6-19(7-5-11)10-13-3-2-12(15(17)20)8-14(13)16/h2-3,8,11,18H,4-7,9-10H2,1H3,(H2,17,20). The number of nitrogens with one attached hydrogen (secondary N) is 1. The molecule has 1 heterocycles. The molecule has 110 valence electrons. The van der Waals surface area contributed by atoms with Gasteiger partial charge in [-0.3, -0.25) is 9.69 Å². The van der Waals surface area contributed by atoms with E-state index in [4.69, 9.17) is 17.3 Å². The molecule has 1 aliphatic rings. The first-order valence-corrected chi connectivity index (χ1v) is 7.43. The molecule has 0 aliphatic carbocycles. The number of nitrogens with zero attached hydrogens (tertiary/aromatic N) is 1. The van der Waals surface area contributed by atoms with Crippen molar-refractivity contribution in [3.05, 3.63) is 34.3 Å². The molecule has 20 heavy (non-hydrogen) atoms. The Labute approximate surface area is 125 Å². The monoisotopic (exact) mass is 295 g/mol. The third kappa shape index (κ3) is 3.95. The lowest BCUT2D eigenvalue weighted by Crippen LogP contribution is -2.36. The highest BCUT2D eigenvalue weighted by Crippen LogP contribution is 2.23. The van der Waals surface area contributed by atoms with E-state index in [0.29, 0.717) is 10.6 Å². The molecule has 4 nitrogen and oxygen atoms in total. The molecule has 0 saturated carbocycles. The largest absolute Gasteiger partial charge is 0.366 e. The number of rotatable bonds is 5. The number of amides is 1. The number of nitrogens with two attached hydrogens (primary N) is 1. The van der Waals surface area contributed by atoms with Crippen LogP contribution in [0.5, 0.6) is 0 Å². The molecule has 1 saturated heterocycles. The summed E-state index contributed by atoms with van der Waals surface area (Å²) in [5.74, 6) is 0.343. The van der Waals surface area contributed by atoms with E-state index in [1.807, 2.05) is 13.1 Å². The van der Waals surface area contributed by atoms with Gasteiger partial charge in [0.05, 0.1) is 0 Å². The third-order valence-corrected chi connectivity index (χ3v) is 4.28. The van der Waals surface area contributed by atoms with E-state index in [1.54, 1.807) is 12.1 Å². The maximum atomic E-state index is 11.1. The van der Waals surface area contributed by atoms with Gasteiger partial charge >= 0.3 is 0 Å². The van der Waals surface area contributed by atoms with Crippen LogP contribution in [0.4, 0.5) is 0 Å². The van der Waals surface area contributed by atoms with Crippen LogP contribution in [0.15, 0.2) is 18.2 Å². The maximum Gasteiger partial charge on any atom is 0.248 e. The Morgan fingerprint density at radius 3 is 2.70 bits per heavy atom. The Balaban J connectivity index is 1.93. The molecule has 0 atom stereocenters. The summed E-state index contributed by atoms with van der Waals surface area (Å²) in [5, 5.41) is 3.87. The molecule has 1 aromatic carbocycles. The van der Waals surface area contributed by atoms with Crippen molar-refractivity contribution >= 4 is 17.5 Å². The van der Waals surface area contributed by atoms with Gasteiger partial charge < -0.3 is 11.1 Å². The van der Waals surface area contributed by atoms with Gasteiger partial charge in [0.1, 0.15) is 0 Å². The average Bonchev–Trinajstić information content (AvgIpc) is 2.43. The molecular weight excluding hydrogens is 274 g/mol. The Hall–Kier alpha value is -1.10. The lowest BCUT2D eigenvalue weighted by Gasteiger charge is -2.32. The van der Waals surface area contributed by atoms with E-state index in [1.165, 1.54) is 12.8 Å². The lowest BCUT2D eigenvalue weighted by atomic mass is 9.96. The van der Waals surface area contributed by atoms with Crippen molar-refractivity contribution in [2.45, 2.75) is 19.4 Å². The maximum absolute atomic E-state index is 11.1. The number of carbonyl (C=O) groups excluding carboxylic acids is 1. The van der Waals surface area contributed by atoms with E-state index in [2.05, 4.69) is 10.2 Å². The van der Waals surface area contributed by atoms with E-state index in [0.717, 1.165) is 37.7 Å². The fourth-order valence-electron chi connectivity index (χ4n) is 2.71. The van der Waals surface area contributed by atoms with Crippen LogP contribution in [0.3, 0.4) is 0 Å². The van der Waals surface area contributed by atoms with E-state index < -0.39 is 5.91 Å². The Kier molecular flexibility index (Phi) is 5.40. The fraction of sp³-hybridized carbons (Fsp3) is 0.533. The highest BCUT2D eigenvalue weighted by atomic mass is 35.5. The second-order valence-corrected chi connectivity index (χ2v) is 5.85. The minimum atomic E-state index is -0.439. The Morgan fingerprint density at radius 2 is 2.15 bits per heavy atom. The zero-order chi connectivity index (χ0) is 14.5. The lowest BCUT2D eigenvalue weighted by molar-refractivity contribution is 0.1000. The summed E-state index contributed by atoms with van der Waals surface area (Å²) in [6.45, 7) is 4.13. The summed E-state index contributed by atoms with van der Waals surface area (Å²) in [6.07, 6.45) is 2.44. The summed E-state index contributed by atoms with van der Waals surface area (Å²) in [4.78, 5) is 13.5. The SMILES string of the molecule is CNCC1CCN(Cc2ccc(C(N)=O)cc2Cl)CC1. The fourth-order valence-corrected chi connectivity index (χ4v) is 2.95. The van der Waals surface area contributed by atoms with Crippen LogP contribution in [0, 0.1) is 5.92 Å². The van der Waals surface area contributed by atoms with Crippen LogP contribution < -0.4 is 11.1 Å². The molecule has 0 aromatic heterocycles. The third-order valence-electron chi connectivity index (χ3n) is 3.93. The number of piperidine rings is 1. The first-order chi connectivity index (χ1) is 9.60. The molecule has 0 unspecified atom stereocenters. The number of hydrogen-bond acceptors (Lipinski definition) is 3. The molecule has 0 radical (unpaired) electrons. The Bertz CT molecular complexity index is 470. The van der Waals surface area contributed by atoms with Crippen LogP contribution in [-0.4, -0.2) is 37.5 Å². The topological polar surface area (TPSA) is 58.4 Å². The molecular formula is C15H22ClN3O. The van der Waals surface area contributed by atoms with Gasteiger partial charge in [0.25, 0.3) is 0 Å². The van der Waals surface area contributed by atoms with Crippen LogP contribution in [0.2, 0.25) is 5.02 Å². The number of likely N-dealkylation sites (tertiary alicyclic amines) is 1. The van der Waals surface area contributed by atoms with Crippen molar-refractivity contribution in [3.8, 4) is 0 Å². The van der Waals surface area contributed by atoms with Crippen LogP contribution >= 0.6 is 11.6 Å². The van der Waals surface area contributed by atoms with Gasteiger partial charge in [0.15, 0.2) is 0 Å². The van der Waals surface area contributed by atoms with Crippen LogP contribution in [-0.2, 0) is 6.54 Å². The van der Waals surface area contributed by atoms with Crippen molar-refractivity contribution in [1.29, 1.82) is 0 Å². The highest BCUT2D eigenvalue weighted by molar-refractivity contribution is 6.31. The molecule has 1 aromatic rings. The number of halogens is 1. The van der Waals surface area contributed by atoms with Crippen molar-refractivity contribution in [1.82, 2.24) is 10.2 Å². The summed E-state index contributed by atoms with van der Waals surface area (Å²) >= 11 is 6.23. The zero-order valence-corrected chi connectivity index (χ0v) is 12.6. The van der Waals surface area contributed by atoms with Crippen molar-refractivity contribution in [2.24, 2.45) is 11.7 Å². The minimum absolute atomic E-state index is 0.439. The van der Waals surface area contributed by atoms with Crippen molar-refractivity contribution in [3.63, 3.8) is 0 Å². The van der Waals surface area contributed by atoms with E-state index in [9.17, 15) is 4.79 Å². The molecule has 1 amide bonds. The average molecular weight is 296 g/mol. The number of hydrogen-bond donors (Lipinski definition) is 2. The van der Waals surface area contributed by atoms with Gasteiger partial charge in [-0.15, -0.1) is 0 Å². The molecule has 5 heteroatoms. The van der Waals surface area contributed by atoms with Crippen LogP contribution in [0.25, 0.3) is 0 Å². The molecule has 1 aliphatic heterocycles. The molecule has 3 N–H and O–H groups in total. The second-order valence-electron chi connectivity index (χ2n) is 5.45. The predicted octanol–water partition coefficient (Wildman–Crippen LogP) is 1.87. The Morgan fingerprint density at radius 1 is 1.45 bits per heavy atom. The summed E-state index contributed by atoms with van der Waals surface area (Å²) in [7, 11) is 2.01. The zero-order valence-electron chi connectivity index (χ0n) is 11.9. The van der Waals surface area contributed by atoms with Crippen molar-refractivity contribution < 1.29 is 4.79 Å². The van der Waals surface area contributed by atoms with Crippen molar-refractivity contribution in [2.75, 3.05) is 26.7 Å². The van der Waals surface area contributed by atoms with Gasteiger partial charge in [-0.25, -0.2) is 0 Å². The van der Waals surface area contributed by atoms with Gasteiger partial charge in [-0.2, -0.15) is 0 Å².